The molecule has 0 amide bonds. The first-order chi connectivity index (χ1) is 8.52. The van der Waals surface area contributed by atoms with Crippen molar-refractivity contribution >= 4 is 43.5 Å². The summed E-state index contributed by atoms with van der Waals surface area (Å²) in [6, 6.07) is 5.41. The van der Waals surface area contributed by atoms with E-state index in [1.807, 2.05) is 29.8 Å². The summed E-state index contributed by atoms with van der Waals surface area (Å²) >= 11 is 13.0. The van der Waals surface area contributed by atoms with Crippen molar-refractivity contribution in [3.8, 4) is 0 Å². The third-order valence-corrected chi connectivity index (χ3v) is 3.96. The van der Waals surface area contributed by atoms with Gasteiger partial charge in [0.05, 0.1) is 22.4 Å². The molecule has 1 aromatic heterocycles. The molecule has 0 bridgehead atoms. The minimum atomic E-state index is -0.267. The zero-order valence-corrected chi connectivity index (χ0v) is 13.6. The van der Waals surface area contributed by atoms with Gasteiger partial charge in [-0.2, -0.15) is 5.10 Å². The molecule has 2 rings (SSSR count). The Morgan fingerprint density at radius 2 is 2.11 bits per heavy atom. The minimum absolute atomic E-state index is 0.267. The van der Waals surface area contributed by atoms with Gasteiger partial charge in [0, 0.05) is 16.0 Å². The SMILES string of the molecule is CCn1ncc(Br)c1C(N)c1cc(Cl)cc(Br)c1. The lowest BCUT2D eigenvalue weighted by molar-refractivity contribution is 0.599. The monoisotopic (exact) mass is 391 g/mol. The van der Waals surface area contributed by atoms with E-state index in [1.54, 1.807) is 6.20 Å². The second-order valence-corrected chi connectivity index (χ2v) is 6.08. The Balaban J connectivity index is 2.47. The molecule has 1 aromatic carbocycles. The molecule has 0 spiro atoms. The van der Waals surface area contributed by atoms with Gasteiger partial charge in [0.15, 0.2) is 0 Å². The molecular formula is C12H12Br2ClN3. The lowest BCUT2D eigenvalue weighted by atomic mass is 10.0. The highest BCUT2D eigenvalue weighted by Crippen LogP contribution is 2.30. The summed E-state index contributed by atoms with van der Waals surface area (Å²) in [6.45, 7) is 2.81. The summed E-state index contributed by atoms with van der Waals surface area (Å²) in [5.41, 5.74) is 8.21. The van der Waals surface area contributed by atoms with Gasteiger partial charge in [-0.15, -0.1) is 0 Å². The summed E-state index contributed by atoms with van der Waals surface area (Å²) in [4.78, 5) is 0. The summed E-state index contributed by atoms with van der Waals surface area (Å²) in [7, 11) is 0. The van der Waals surface area contributed by atoms with Crippen LogP contribution in [0.1, 0.15) is 24.2 Å². The first kappa shape index (κ1) is 14.1. The fraction of sp³-hybridized carbons (Fsp3) is 0.250. The third-order valence-electron chi connectivity index (χ3n) is 2.67. The normalized spacial score (nSPS) is 12.7. The molecule has 6 heteroatoms. The Kier molecular flexibility index (Phi) is 4.48. The zero-order chi connectivity index (χ0) is 13.3. The predicted molar refractivity (Wildman–Crippen MR) is 80.8 cm³/mol. The van der Waals surface area contributed by atoms with Crippen LogP contribution in [0.25, 0.3) is 0 Å². The van der Waals surface area contributed by atoms with E-state index < -0.39 is 0 Å². The molecule has 0 fully saturated rings. The van der Waals surface area contributed by atoms with E-state index in [9.17, 15) is 0 Å². The van der Waals surface area contributed by atoms with Crippen LogP contribution in [0, 0.1) is 0 Å². The van der Waals surface area contributed by atoms with Crippen LogP contribution in [0.15, 0.2) is 33.3 Å². The molecule has 0 aliphatic carbocycles. The molecule has 2 N–H and O–H groups in total. The van der Waals surface area contributed by atoms with Crippen molar-refractivity contribution in [1.29, 1.82) is 0 Å². The van der Waals surface area contributed by atoms with E-state index in [4.69, 9.17) is 17.3 Å². The average Bonchev–Trinajstić information content (AvgIpc) is 2.68. The van der Waals surface area contributed by atoms with Crippen molar-refractivity contribution in [1.82, 2.24) is 9.78 Å². The molecule has 18 heavy (non-hydrogen) atoms. The van der Waals surface area contributed by atoms with Crippen molar-refractivity contribution in [2.45, 2.75) is 19.5 Å². The van der Waals surface area contributed by atoms with E-state index in [2.05, 4.69) is 37.0 Å². The Hall–Kier alpha value is -0.360. The highest BCUT2D eigenvalue weighted by Gasteiger charge is 2.18. The number of nitrogens with two attached hydrogens (primary N) is 1. The number of rotatable bonds is 3. The Bertz CT molecular complexity index is 548. The van der Waals surface area contributed by atoms with Crippen molar-refractivity contribution in [2.75, 3.05) is 0 Å². The number of benzene rings is 1. The number of nitrogens with zero attached hydrogens (tertiary/aromatic N) is 2. The van der Waals surface area contributed by atoms with E-state index in [1.165, 1.54) is 0 Å². The quantitative estimate of drug-likeness (QED) is 0.852. The van der Waals surface area contributed by atoms with Gasteiger partial charge in [0.25, 0.3) is 0 Å². The fourth-order valence-corrected chi connectivity index (χ4v) is 3.27. The van der Waals surface area contributed by atoms with Crippen molar-refractivity contribution in [3.63, 3.8) is 0 Å². The summed E-state index contributed by atoms with van der Waals surface area (Å²) in [6.07, 6.45) is 1.76. The number of hydrogen-bond donors (Lipinski definition) is 1. The van der Waals surface area contributed by atoms with E-state index in [0.29, 0.717) is 5.02 Å². The molecule has 0 aliphatic heterocycles. The van der Waals surface area contributed by atoms with Gasteiger partial charge >= 0.3 is 0 Å². The van der Waals surface area contributed by atoms with E-state index in [-0.39, 0.29) is 6.04 Å². The van der Waals surface area contributed by atoms with Gasteiger partial charge in [-0.25, -0.2) is 0 Å². The number of halogens is 3. The first-order valence-corrected chi connectivity index (χ1v) is 7.42. The molecule has 0 saturated carbocycles. The second kappa shape index (κ2) is 5.74. The van der Waals surface area contributed by atoms with Crippen molar-refractivity contribution < 1.29 is 0 Å². The van der Waals surface area contributed by atoms with Gasteiger partial charge in [-0.1, -0.05) is 27.5 Å². The van der Waals surface area contributed by atoms with Crippen LogP contribution in [0.3, 0.4) is 0 Å². The van der Waals surface area contributed by atoms with Crippen LogP contribution in [-0.2, 0) is 6.54 Å². The van der Waals surface area contributed by atoms with Gasteiger partial charge in [0.1, 0.15) is 0 Å². The second-order valence-electron chi connectivity index (χ2n) is 3.87. The Labute approximate surface area is 128 Å². The molecule has 1 atom stereocenters. The topological polar surface area (TPSA) is 43.8 Å². The zero-order valence-electron chi connectivity index (χ0n) is 9.70. The van der Waals surface area contributed by atoms with Crippen molar-refractivity contribution in [2.24, 2.45) is 5.73 Å². The maximum absolute atomic E-state index is 6.31. The molecule has 2 aromatic rings. The molecule has 1 unspecified atom stereocenters. The lowest BCUT2D eigenvalue weighted by Crippen LogP contribution is -2.17. The lowest BCUT2D eigenvalue weighted by Gasteiger charge is -2.15. The van der Waals surface area contributed by atoms with Crippen LogP contribution < -0.4 is 5.73 Å². The summed E-state index contributed by atoms with van der Waals surface area (Å²) in [5, 5.41) is 4.93. The smallest absolute Gasteiger partial charge is 0.0738 e. The third kappa shape index (κ3) is 2.79. The Morgan fingerprint density at radius 3 is 2.72 bits per heavy atom. The standard InChI is InChI=1S/C12H12Br2ClN3/c1-2-18-12(10(14)6-17-18)11(16)7-3-8(13)5-9(15)4-7/h3-6,11H,2,16H2,1H3. The predicted octanol–water partition coefficient (Wildman–Crippen LogP) is 4.13. The van der Waals surface area contributed by atoms with Crippen LogP contribution in [0.4, 0.5) is 0 Å². The molecule has 0 saturated heterocycles. The summed E-state index contributed by atoms with van der Waals surface area (Å²) in [5.74, 6) is 0. The van der Waals surface area contributed by atoms with Crippen LogP contribution in [-0.4, -0.2) is 9.78 Å². The molecule has 0 radical (unpaired) electrons. The Morgan fingerprint density at radius 1 is 1.39 bits per heavy atom. The average molecular weight is 394 g/mol. The van der Waals surface area contributed by atoms with Gasteiger partial charge in [-0.3, -0.25) is 4.68 Å². The van der Waals surface area contributed by atoms with Crippen LogP contribution >= 0.6 is 43.5 Å². The number of hydrogen-bond acceptors (Lipinski definition) is 2. The molecule has 3 nitrogen and oxygen atoms in total. The van der Waals surface area contributed by atoms with Crippen LogP contribution in [0.2, 0.25) is 5.02 Å². The van der Waals surface area contributed by atoms with E-state index in [0.717, 1.165) is 26.7 Å². The summed E-state index contributed by atoms with van der Waals surface area (Å²) < 4.78 is 3.70. The number of aryl methyl sites for hydroxylation is 1. The first-order valence-electron chi connectivity index (χ1n) is 5.45. The maximum Gasteiger partial charge on any atom is 0.0738 e. The van der Waals surface area contributed by atoms with Crippen LogP contribution in [0.5, 0.6) is 0 Å². The van der Waals surface area contributed by atoms with Crippen molar-refractivity contribution in [3.05, 3.63) is 49.6 Å². The highest BCUT2D eigenvalue weighted by atomic mass is 79.9. The molecular weight excluding hydrogens is 381 g/mol. The van der Waals surface area contributed by atoms with Gasteiger partial charge in [0.2, 0.25) is 0 Å². The van der Waals surface area contributed by atoms with Gasteiger partial charge < -0.3 is 5.73 Å². The number of aromatic nitrogens is 2. The molecule has 0 aliphatic rings. The minimum Gasteiger partial charge on any atom is -0.319 e. The van der Waals surface area contributed by atoms with E-state index >= 15 is 0 Å². The maximum atomic E-state index is 6.31. The molecule has 1 heterocycles. The fourth-order valence-electron chi connectivity index (χ4n) is 1.85. The highest BCUT2D eigenvalue weighted by molar-refractivity contribution is 9.10. The van der Waals surface area contributed by atoms with Gasteiger partial charge in [-0.05, 0) is 46.6 Å². The molecule has 96 valence electrons. The largest absolute Gasteiger partial charge is 0.319 e.